The van der Waals surface area contributed by atoms with E-state index < -0.39 is 0 Å². The van der Waals surface area contributed by atoms with Crippen molar-refractivity contribution >= 4 is 11.6 Å². The molecular formula is C10H15ClO2. The molecule has 0 fully saturated rings. The number of halogens is 1. The van der Waals surface area contributed by atoms with Gasteiger partial charge in [0.1, 0.15) is 0 Å². The van der Waals surface area contributed by atoms with Crippen molar-refractivity contribution in [2.75, 3.05) is 19.8 Å². The molecule has 2 nitrogen and oxygen atoms in total. The van der Waals surface area contributed by atoms with Crippen LogP contribution < -0.4 is 0 Å². The van der Waals surface area contributed by atoms with Crippen molar-refractivity contribution in [2.45, 2.75) is 6.92 Å². The lowest BCUT2D eigenvalue weighted by atomic mass is 10.4. The van der Waals surface area contributed by atoms with E-state index >= 15 is 0 Å². The van der Waals surface area contributed by atoms with Gasteiger partial charge in [0.15, 0.2) is 0 Å². The average Bonchev–Trinajstić information content (AvgIpc) is 2.17. The molecule has 0 saturated heterocycles. The van der Waals surface area contributed by atoms with Crippen LogP contribution in [0, 0.1) is 0 Å². The van der Waals surface area contributed by atoms with Gasteiger partial charge >= 0.3 is 0 Å². The van der Waals surface area contributed by atoms with E-state index in [0.717, 1.165) is 5.02 Å². The van der Waals surface area contributed by atoms with Crippen LogP contribution in [0.3, 0.4) is 0 Å². The summed E-state index contributed by atoms with van der Waals surface area (Å²) < 4.78 is 4.73. The molecule has 0 aromatic heterocycles. The molecule has 0 spiro atoms. The zero-order valence-electron chi connectivity index (χ0n) is 7.74. The van der Waals surface area contributed by atoms with E-state index in [1.54, 1.807) is 0 Å². The number of ether oxygens (including phenoxy) is 1. The molecule has 13 heavy (non-hydrogen) atoms. The third kappa shape index (κ3) is 9.34. The lowest BCUT2D eigenvalue weighted by Gasteiger charge is -1.91. The Morgan fingerprint density at radius 1 is 1.31 bits per heavy atom. The van der Waals surface area contributed by atoms with E-state index in [4.69, 9.17) is 21.4 Å². The molecule has 0 bridgehead atoms. The minimum atomic E-state index is 0.133. The smallest absolute Gasteiger partial charge is 0.0697 e. The maximum absolute atomic E-state index is 8.07. The number of hydrogen-bond donors (Lipinski definition) is 1. The van der Waals surface area contributed by atoms with Crippen LogP contribution in [0.1, 0.15) is 6.92 Å². The highest BCUT2D eigenvalue weighted by Crippen LogP contribution is 2.03. The first-order valence-electron chi connectivity index (χ1n) is 4.20. The summed E-state index contributed by atoms with van der Waals surface area (Å²) in [5, 5.41) is 8.87. The number of aliphatic hydroxyl groups excluding tert-OH is 1. The Morgan fingerprint density at radius 3 is 2.15 bits per heavy atom. The maximum atomic E-state index is 8.07. The predicted octanol–water partition coefficient (Wildman–Crippen LogP) is 2.36. The second-order valence-corrected chi connectivity index (χ2v) is 2.65. The van der Waals surface area contributed by atoms with Crippen molar-refractivity contribution in [2.24, 2.45) is 0 Å². The molecule has 0 aliphatic heterocycles. The van der Waals surface area contributed by atoms with E-state index in [1.807, 2.05) is 37.3 Å². The minimum absolute atomic E-state index is 0.133. The van der Waals surface area contributed by atoms with Crippen molar-refractivity contribution in [1.82, 2.24) is 0 Å². The summed E-state index contributed by atoms with van der Waals surface area (Å²) in [4.78, 5) is 0. The first-order valence-corrected chi connectivity index (χ1v) is 4.58. The van der Waals surface area contributed by atoms with Gasteiger partial charge in [0.25, 0.3) is 0 Å². The molecule has 0 unspecified atom stereocenters. The van der Waals surface area contributed by atoms with Crippen molar-refractivity contribution in [3.05, 3.63) is 35.4 Å². The quantitative estimate of drug-likeness (QED) is 0.763. The van der Waals surface area contributed by atoms with Crippen LogP contribution in [0.5, 0.6) is 0 Å². The maximum Gasteiger partial charge on any atom is 0.0697 e. The molecule has 1 N–H and O–H groups in total. The normalized spacial score (nSPS) is 8.85. The predicted molar refractivity (Wildman–Crippen MR) is 55.0 cm³/mol. The fourth-order valence-corrected chi connectivity index (χ4v) is 0.769. The Morgan fingerprint density at radius 2 is 1.92 bits per heavy atom. The molecule has 0 heterocycles. The van der Waals surface area contributed by atoms with Crippen LogP contribution >= 0.6 is 11.6 Å². The van der Waals surface area contributed by atoms with E-state index in [-0.39, 0.29) is 6.61 Å². The van der Waals surface area contributed by atoms with Crippen molar-refractivity contribution in [3.8, 4) is 0 Å². The number of aliphatic hydroxyl groups is 1. The Kier molecular flexibility index (Phi) is 9.10. The average molecular weight is 203 g/mol. The van der Waals surface area contributed by atoms with Gasteiger partial charge in [-0.2, -0.15) is 0 Å². The van der Waals surface area contributed by atoms with Crippen molar-refractivity contribution in [1.29, 1.82) is 0 Å². The Balaban J connectivity index is 0.000000226. The molecule has 0 radical (unpaired) electrons. The fourth-order valence-electron chi connectivity index (χ4n) is 0.624. The molecular weight excluding hydrogens is 188 g/mol. The summed E-state index contributed by atoms with van der Waals surface area (Å²) in [6.07, 6.45) is 0. The molecule has 1 aromatic rings. The van der Waals surface area contributed by atoms with Gasteiger partial charge in [0.2, 0.25) is 0 Å². The third-order valence-electron chi connectivity index (χ3n) is 1.17. The highest BCUT2D eigenvalue weighted by atomic mass is 35.5. The van der Waals surface area contributed by atoms with E-state index in [1.165, 1.54) is 0 Å². The van der Waals surface area contributed by atoms with Crippen LogP contribution in [-0.4, -0.2) is 24.9 Å². The highest BCUT2D eigenvalue weighted by Gasteiger charge is 1.75. The minimum Gasteiger partial charge on any atom is -0.394 e. The van der Waals surface area contributed by atoms with Crippen molar-refractivity contribution in [3.63, 3.8) is 0 Å². The lowest BCUT2D eigenvalue weighted by Crippen LogP contribution is -1.96. The standard InChI is InChI=1S/C6H5Cl.C4H10O2/c7-6-4-2-1-3-5-6;1-2-6-4-3-5/h1-5H;5H,2-4H2,1H3. The second-order valence-electron chi connectivity index (χ2n) is 2.22. The number of hydrogen-bond acceptors (Lipinski definition) is 2. The zero-order chi connectivity index (χ0) is 9.94. The van der Waals surface area contributed by atoms with E-state index in [0.29, 0.717) is 13.2 Å². The molecule has 0 aliphatic carbocycles. The third-order valence-corrected chi connectivity index (χ3v) is 1.42. The second kappa shape index (κ2) is 9.52. The Bertz CT molecular complexity index is 185. The van der Waals surface area contributed by atoms with Gasteiger partial charge in [0.05, 0.1) is 13.2 Å². The number of rotatable bonds is 3. The van der Waals surface area contributed by atoms with Gasteiger partial charge in [-0.05, 0) is 19.1 Å². The van der Waals surface area contributed by atoms with Gasteiger partial charge in [-0.25, -0.2) is 0 Å². The summed E-state index contributed by atoms with van der Waals surface area (Å²) in [7, 11) is 0. The van der Waals surface area contributed by atoms with Crippen LogP contribution in [0.25, 0.3) is 0 Å². The Hall–Kier alpha value is -0.570. The summed E-state index contributed by atoms with van der Waals surface area (Å²) in [6, 6.07) is 9.44. The monoisotopic (exact) mass is 202 g/mol. The molecule has 1 rings (SSSR count). The van der Waals surface area contributed by atoms with Crippen LogP contribution in [0.4, 0.5) is 0 Å². The molecule has 3 heteroatoms. The molecule has 74 valence electrons. The fraction of sp³-hybridized carbons (Fsp3) is 0.400. The first kappa shape index (κ1) is 12.4. The van der Waals surface area contributed by atoms with Crippen molar-refractivity contribution < 1.29 is 9.84 Å². The molecule has 0 atom stereocenters. The van der Waals surface area contributed by atoms with Gasteiger partial charge in [0, 0.05) is 11.6 Å². The molecule has 1 aromatic carbocycles. The summed E-state index contributed by atoms with van der Waals surface area (Å²) in [6.45, 7) is 3.20. The summed E-state index contributed by atoms with van der Waals surface area (Å²) in [5.74, 6) is 0. The van der Waals surface area contributed by atoms with Gasteiger partial charge < -0.3 is 9.84 Å². The lowest BCUT2D eigenvalue weighted by molar-refractivity contribution is 0.102. The topological polar surface area (TPSA) is 29.5 Å². The van der Waals surface area contributed by atoms with Crippen LogP contribution in [0.15, 0.2) is 30.3 Å². The SMILES string of the molecule is CCOCCO.Clc1ccccc1. The van der Waals surface area contributed by atoms with Crippen LogP contribution in [0.2, 0.25) is 5.02 Å². The Labute approximate surface area is 84.1 Å². The van der Waals surface area contributed by atoms with Gasteiger partial charge in [-0.15, -0.1) is 0 Å². The van der Waals surface area contributed by atoms with Crippen LogP contribution in [-0.2, 0) is 4.74 Å². The molecule has 0 aliphatic rings. The zero-order valence-corrected chi connectivity index (χ0v) is 8.50. The van der Waals surface area contributed by atoms with E-state index in [2.05, 4.69) is 0 Å². The van der Waals surface area contributed by atoms with Gasteiger partial charge in [-0.3, -0.25) is 0 Å². The summed E-state index contributed by atoms with van der Waals surface area (Å²) in [5.41, 5.74) is 0. The summed E-state index contributed by atoms with van der Waals surface area (Å²) >= 11 is 5.54. The highest BCUT2D eigenvalue weighted by molar-refractivity contribution is 6.30. The largest absolute Gasteiger partial charge is 0.394 e. The molecule has 0 amide bonds. The number of benzene rings is 1. The molecule has 0 saturated carbocycles. The van der Waals surface area contributed by atoms with Gasteiger partial charge in [-0.1, -0.05) is 29.8 Å². The first-order chi connectivity index (χ1) is 6.31. The van der Waals surface area contributed by atoms with E-state index in [9.17, 15) is 0 Å².